The zero-order valence-electron chi connectivity index (χ0n) is 7.27. The van der Waals surface area contributed by atoms with Gasteiger partial charge < -0.3 is 10.8 Å². The van der Waals surface area contributed by atoms with Crippen molar-refractivity contribution in [1.29, 1.82) is 0 Å². The molecule has 1 atom stereocenters. The molecule has 1 aromatic heterocycles. The van der Waals surface area contributed by atoms with Crippen LogP contribution in [0.4, 0.5) is 0 Å². The van der Waals surface area contributed by atoms with Crippen molar-refractivity contribution >= 4 is 5.97 Å². The number of carbonyl (C=O) groups is 1. The number of aromatic carboxylic acids is 1. The first kappa shape index (κ1) is 9.60. The van der Waals surface area contributed by atoms with Gasteiger partial charge in [-0.2, -0.15) is 0 Å². The van der Waals surface area contributed by atoms with Crippen molar-refractivity contribution in [2.45, 2.75) is 19.4 Å². The molecular weight excluding hydrogens is 170 g/mol. The van der Waals surface area contributed by atoms with Gasteiger partial charge in [0.05, 0.1) is 11.3 Å². The standard InChI is InChI=1S/C8H11N3O2/c1-5(9)2-7-6(8(12)13)3-10-4-11-7/h3-5H,2,9H2,1H3,(H,12,13). The highest BCUT2D eigenvalue weighted by molar-refractivity contribution is 5.88. The Hall–Kier alpha value is -1.49. The summed E-state index contributed by atoms with van der Waals surface area (Å²) in [6.45, 7) is 1.80. The van der Waals surface area contributed by atoms with Crippen LogP contribution in [0, 0.1) is 0 Å². The third kappa shape index (κ3) is 2.48. The van der Waals surface area contributed by atoms with Crippen molar-refractivity contribution in [3.63, 3.8) is 0 Å². The monoisotopic (exact) mass is 181 g/mol. The fraction of sp³-hybridized carbons (Fsp3) is 0.375. The molecule has 0 saturated heterocycles. The Morgan fingerprint density at radius 3 is 3.00 bits per heavy atom. The van der Waals surface area contributed by atoms with Gasteiger partial charge in [-0.15, -0.1) is 0 Å². The number of aromatic nitrogens is 2. The van der Waals surface area contributed by atoms with E-state index < -0.39 is 5.97 Å². The first-order valence-electron chi connectivity index (χ1n) is 3.89. The summed E-state index contributed by atoms with van der Waals surface area (Å²) < 4.78 is 0. The Balaban J connectivity index is 2.98. The van der Waals surface area contributed by atoms with Crippen molar-refractivity contribution in [1.82, 2.24) is 9.97 Å². The van der Waals surface area contributed by atoms with Crippen LogP contribution in [0.5, 0.6) is 0 Å². The molecule has 0 aliphatic carbocycles. The highest BCUT2D eigenvalue weighted by Crippen LogP contribution is 2.05. The van der Waals surface area contributed by atoms with E-state index in [0.717, 1.165) is 0 Å². The molecule has 0 amide bonds. The third-order valence-electron chi connectivity index (χ3n) is 1.54. The number of hydrogen-bond acceptors (Lipinski definition) is 4. The van der Waals surface area contributed by atoms with Gasteiger partial charge in [0.1, 0.15) is 6.33 Å². The van der Waals surface area contributed by atoms with E-state index in [-0.39, 0.29) is 11.6 Å². The van der Waals surface area contributed by atoms with Gasteiger partial charge in [-0.3, -0.25) is 0 Å². The molecule has 0 aromatic carbocycles. The summed E-state index contributed by atoms with van der Waals surface area (Å²) in [5.74, 6) is -1.02. The normalized spacial score (nSPS) is 12.5. The minimum Gasteiger partial charge on any atom is -0.478 e. The van der Waals surface area contributed by atoms with Crippen molar-refractivity contribution in [3.05, 3.63) is 23.8 Å². The van der Waals surface area contributed by atoms with E-state index in [4.69, 9.17) is 10.8 Å². The molecule has 5 heteroatoms. The van der Waals surface area contributed by atoms with Gasteiger partial charge in [0.2, 0.25) is 0 Å². The van der Waals surface area contributed by atoms with Crippen LogP contribution in [0.25, 0.3) is 0 Å². The van der Waals surface area contributed by atoms with Gasteiger partial charge in [0.25, 0.3) is 0 Å². The quantitative estimate of drug-likeness (QED) is 0.688. The summed E-state index contributed by atoms with van der Waals surface area (Å²) in [7, 11) is 0. The second-order valence-corrected chi connectivity index (χ2v) is 2.87. The molecule has 0 spiro atoms. The Bertz CT molecular complexity index is 312. The number of carboxylic acid groups (broad SMARTS) is 1. The number of nitrogens with two attached hydrogens (primary N) is 1. The summed E-state index contributed by atoms with van der Waals surface area (Å²) in [6.07, 6.45) is 3.06. The lowest BCUT2D eigenvalue weighted by atomic mass is 10.1. The smallest absolute Gasteiger partial charge is 0.339 e. The van der Waals surface area contributed by atoms with Crippen LogP contribution in [-0.4, -0.2) is 27.1 Å². The molecule has 1 heterocycles. The molecule has 0 bridgehead atoms. The lowest BCUT2D eigenvalue weighted by Crippen LogP contribution is -2.20. The second-order valence-electron chi connectivity index (χ2n) is 2.87. The van der Waals surface area contributed by atoms with Crippen molar-refractivity contribution in [2.24, 2.45) is 5.73 Å². The van der Waals surface area contributed by atoms with Gasteiger partial charge in [0, 0.05) is 18.7 Å². The van der Waals surface area contributed by atoms with Crippen LogP contribution >= 0.6 is 0 Å². The summed E-state index contributed by atoms with van der Waals surface area (Å²) in [5, 5.41) is 8.76. The van der Waals surface area contributed by atoms with Crippen molar-refractivity contribution in [2.75, 3.05) is 0 Å². The average Bonchev–Trinajstić information content (AvgIpc) is 2.03. The summed E-state index contributed by atoms with van der Waals surface area (Å²) in [5.41, 5.74) is 6.15. The number of hydrogen-bond donors (Lipinski definition) is 2. The predicted octanol–water partition coefficient (Wildman–Crippen LogP) is 0.0645. The number of carboxylic acids is 1. The maximum atomic E-state index is 10.7. The van der Waals surface area contributed by atoms with Crippen LogP contribution in [0.3, 0.4) is 0 Å². The molecule has 1 unspecified atom stereocenters. The van der Waals surface area contributed by atoms with Crippen LogP contribution in [0.15, 0.2) is 12.5 Å². The molecule has 1 rings (SSSR count). The average molecular weight is 181 g/mol. The number of nitrogens with zero attached hydrogens (tertiary/aromatic N) is 2. The SMILES string of the molecule is CC(N)Cc1ncncc1C(=O)O. The van der Waals surface area contributed by atoms with E-state index in [1.165, 1.54) is 12.5 Å². The van der Waals surface area contributed by atoms with Gasteiger partial charge in [-0.1, -0.05) is 0 Å². The molecule has 0 aliphatic heterocycles. The minimum absolute atomic E-state index is 0.104. The maximum absolute atomic E-state index is 10.7. The van der Waals surface area contributed by atoms with E-state index in [0.29, 0.717) is 12.1 Å². The van der Waals surface area contributed by atoms with E-state index in [1.54, 1.807) is 6.92 Å². The van der Waals surface area contributed by atoms with Crippen LogP contribution in [0.2, 0.25) is 0 Å². The van der Waals surface area contributed by atoms with Crippen LogP contribution < -0.4 is 5.73 Å². The van der Waals surface area contributed by atoms with E-state index in [2.05, 4.69) is 9.97 Å². The molecule has 70 valence electrons. The summed E-state index contributed by atoms with van der Waals surface area (Å²) >= 11 is 0. The van der Waals surface area contributed by atoms with Crippen molar-refractivity contribution in [3.8, 4) is 0 Å². The summed E-state index contributed by atoms with van der Waals surface area (Å²) in [4.78, 5) is 18.2. The lowest BCUT2D eigenvalue weighted by molar-refractivity contribution is 0.0694. The first-order chi connectivity index (χ1) is 6.11. The Morgan fingerprint density at radius 2 is 2.46 bits per heavy atom. The molecule has 5 nitrogen and oxygen atoms in total. The molecular formula is C8H11N3O2. The number of rotatable bonds is 3. The van der Waals surface area contributed by atoms with Gasteiger partial charge in [-0.05, 0) is 6.92 Å². The molecule has 0 saturated carbocycles. The topological polar surface area (TPSA) is 89.1 Å². The second kappa shape index (κ2) is 3.95. The molecule has 0 aliphatic rings. The third-order valence-corrected chi connectivity index (χ3v) is 1.54. The zero-order valence-corrected chi connectivity index (χ0v) is 7.27. The fourth-order valence-electron chi connectivity index (χ4n) is 1.00. The van der Waals surface area contributed by atoms with Crippen LogP contribution in [0.1, 0.15) is 23.0 Å². The van der Waals surface area contributed by atoms with E-state index in [9.17, 15) is 4.79 Å². The predicted molar refractivity (Wildman–Crippen MR) is 46.3 cm³/mol. The van der Waals surface area contributed by atoms with Crippen LogP contribution in [-0.2, 0) is 6.42 Å². The molecule has 0 fully saturated rings. The lowest BCUT2D eigenvalue weighted by Gasteiger charge is -2.05. The molecule has 0 radical (unpaired) electrons. The highest BCUT2D eigenvalue weighted by Gasteiger charge is 2.11. The van der Waals surface area contributed by atoms with Gasteiger partial charge in [-0.25, -0.2) is 14.8 Å². The van der Waals surface area contributed by atoms with Gasteiger partial charge in [0.15, 0.2) is 0 Å². The first-order valence-corrected chi connectivity index (χ1v) is 3.89. The Kier molecular flexibility index (Phi) is 2.92. The largest absolute Gasteiger partial charge is 0.478 e. The van der Waals surface area contributed by atoms with Crippen molar-refractivity contribution < 1.29 is 9.90 Å². The molecule has 1 aromatic rings. The fourth-order valence-corrected chi connectivity index (χ4v) is 1.00. The maximum Gasteiger partial charge on any atom is 0.339 e. The minimum atomic E-state index is -1.02. The Morgan fingerprint density at radius 1 is 1.77 bits per heavy atom. The Labute approximate surface area is 75.6 Å². The summed E-state index contributed by atoms with van der Waals surface area (Å²) in [6, 6.07) is -0.104. The zero-order chi connectivity index (χ0) is 9.84. The molecule has 13 heavy (non-hydrogen) atoms. The van der Waals surface area contributed by atoms with E-state index in [1.807, 2.05) is 0 Å². The molecule has 3 N–H and O–H groups in total. The van der Waals surface area contributed by atoms with E-state index >= 15 is 0 Å². The van der Waals surface area contributed by atoms with Gasteiger partial charge >= 0.3 is 5.97 Å². The highest BCUT2D eigenvalue weighted by atomic mass is 16.4.